The van der Waals surface area contributed by atoms with Crippen LogP contribution < -0.4 is 0 Å². The van der Waals surface area contributed by atoms with E-state index in [-0.39, 0.29) is 5.56 Å². The molecule has 5 nitrogen and oxygen atoms in total. The third-order valence-corrected chi connectivity index (χ3v) is 3.00. The molecule has 0 amide bonds. The number of carboxylic acid groups (broad SMARTS) is 1. The summed E-state index contributed by atoms with van der Waals surface area (Å²) < 4.78 is 1.63. The second-order valence-electron chi connectivity index (χ2n) is 3.02. The summed E-state index contributed by atoms with van der Waals surface area (Å²) in [4.78, 5) is 15.7. The maximum absolute atomic E-state index is 11.0. The highest BCUT2D eigenvalue weighted by Gasteiger charge is 2.15. The van der Waals surface area contributed by atoms with Crippen LogP contribution in [0.5, 0.6) is 0 Å². The first-order valence-electron chi connectivity index (χ1n) is 4.23. The number of fused-ring (bicyclic) bond motifs is 1. The molecule has 15 heavy (non-hydrogen) atoms. The van der Waals surface area contributed by atoms with Gasteiger partial charge in [0.25, 0.3) is 0 Å². The monoisotopic (exact) mass is 223 g/mol. The molecule has 78 valence electrons. The molecule has 2 aromatic rings. The van der Waals surface area contributed by atoms with Gasteiger partial charge in [-0.15, -0.1) is 11.8 Å². The largest absolute Gasteiger partial charge is 0.478 e. The summed E-state index contributed by atoms with van der Waals surface area (Å²) >= 11 is 1.39. The topological polar surface area (TPSA) is 68.0 Å². The van der Waals surface area contributed by atoms with Crippen molar-refractivity contribution in [1.29, 1.82) is 0 Å². The molecule has 0 aliphatic rings. The lowest BCUT2D eigenvalue weighted by atomic mass is 10.2. The predicted octanol–water partition coefficient (Wildman–Crippen LogP) is 1.39. The first-order chi connectivity index (χ1) is 7.15. The molecule has 0 saturated heterocycles. The second kappa shape index (κ2) is 3.54. The molecule has 0 aliphatic carbocycles. The Kier molecular flexibility index (Phi) is 2.36. The summed E-state index contributed by atoms with van der Waals surface area (Å²) in [7, 11) is 1.78. The molecule has 0 unspecified atom stereocenters. The molecule has 0 aromatic carbocycles. The number of pyridine rings is 1. The van der Waals surface area contributed by atoms with Gasteiger partial charge in [-0.05, 0) is 6.26 Å². The molecule has 0 atom stereocenters. The van der Waals surface area contributed by atoms with E-state index >= 15 is 0 Å². The lowest BCUT2D eigenvalue weighted by Gasteiger charge is -2.03. The van der Waals surface area contributed by atoms with Crippen LogP contribution in [0, 0.1) is 0 Å². The van der Waals surface area contributed by atoms with Crippen molar-refractivity contribution in [2.75, 3.05) is 6.26 Å². The number of nitrogens with zero attached hydrogens (tertiary/aromatic N) is 3. The van der Waals surface area contributed by atoms with Gasteiger partial charge in [0.15, 0.2) is 5.65 Å². The number of carbonyl (C=O) groups is 1. The molecule has 2 rings (SSSR count). The van der Waals surface area contributed by atoms with E-state index < -0.39 is 5.97 Å². The normalized spacial score (nSPS) is 10.8. The van der Waals surface area contributed by atoms with E-state index in [2.05, 4.69) is 10.1 Å². The van der Waals surface area contributed by atoms with Gasteiger partial charge in [-0.25, -0.2) is 9.78 Å². The summed E-state index contributed by atoms with van der Waals surface area (Å²) in [5.41, 5.74) is 0.923. The summed E-state index contributed by atoms with van der Waals surface area (Å²) in [5, 5.41) is 13.8. The molecule has 6 heteroatoms. The number of thioether (sulfide) groups is 1. The molecule has 0 radical (unpaired) electrons. The fraction of sp³-hybridized carbons (Fsp3) is 0.222. The molecule has 0 saturated carbocycles. The number of hydrogen-bond acceptors (Lipinski definition) is 4. The number of carboxylic acids is 1. The van der Waals surface area contributed by atoms with Gasteiger partial charge in [0, 0.05) is 18.1 Å². The Hall–Kier alpha value is -1.56. The SMILES string of the molecule is CSc1c(C(=O)O)cnc2c1cnn2C. The fourth-order valence-corrected chi connectivity index (χ4v) is 2.17. The number of hydrogen-bond donors (Lipinski definition) is 1. The predicted molar refractivity (Wildman–Crippen MR) is 57.2 cm³/mol. The van der Waals surface area contributed by atoms with Crippen molar-refractivity contribution in [3.05, 3.63) is 18.0 Å². The van der Waals surface area contributed by atoms with Crippen LogP contribution in [0.1, 0.15) is 10.4 Å². The van der Waals surface area contributed by atoms with E-state index in [0.29, 0.717) is 10.5 Å². The quantitative estimate of drug-likeness (QED) is 0.779. The van der Waals surface area contributed by atoms with Crippen molar-refractivity contribution in [3.63, 3.8) is 0 Å². The van der Waals surface area contributed by atoms with E-state index in [0.717, 1.165) is 5.39 Å². The molecule has 2 aromatic heterocycles. The zero-order chi connectivity index (χ0) is 11.0. The number of rotatable bonds is 2. The number of aromatic nitrogens is 3. The highest BCUT2D eigenvalue weighted by atomic mass is 32.2. The Morgan fingerprint density at radius 2 is 2.27 bits per heavy atom. The Labute approximate surface area is 90.1 Å². The van der Waals surface area contributed by atoms with Crippen molar-refractivity contribution >= 4 is 28.8 Å². The average molecular weight is 223 g/mol. The highest BCUT2D eigenvalue weighted by molar-refractivity contribution is 7.98. The van der Waals surface area contributed by atoms with Gasteiger partial charge in [-0.1, -0.05) is 0 Å². The van der Waals surface area contributed by atoms with Crippen molar-refractivity contribution in [1.82, 2.24) is 14.8 Å². The molecule has 0 bridgehead atoms. The standard InChI is InChI=1S/C9H9N3O2S/c1-12-8-5(4-11-12)7(15-2)6(3-10-8)9(13)14/h3-4H,1-2H3,(H,13,14). The Morgan fingerprint density at radius 3 is 2.87 bits per heavy atom. The second-order valence-corrected chi connectivity index (χ2v) is 3.83. The van der Waals surface area contributed by atoms with Crippen molar-refractivity contribution < 1.29 is 9.90 Å². The minimum Gasteiger partial charge on any atom is -0.478 e. The minimum absolute atomic E-state index is 0.225. The zero-order valence-corrected chi connectivity index (χ0v) is 9.08. The van der Waals surface area contributed by atoms with Gasteiger partial charge in [-0.3, -0.25) is 4.68 Å². The highest BCUT2D eigenvalue weighted by Crippen LogP contribution is 2.28. The van der Waals surface area contributed by atoms with E-state index in [4.69, 9.17) is 5.11 Å². The minimum atomic E-state index is -0.961. The molecular formula is C9H9N3O2S. The Morgan fingerprint density at radius 1 is 1.53 bits per heavy atom. The van der Waals surface area contributed by atoms with Gasteiger partial charge < -0.3 is 5.11 Å². The summed E-state index contributed by atoms with van der Waals surface area (Å²) in [6.07, 6.45) is 4.85. The van der Waals surface area contributed by atoms with Crippen molar-refractivity contribution in [3.8, 4) is 0 Å². The zero-order valence-electron chi connectivity index (χ0n) is 8.26. The van der Waals surface area contributed by atoms with Crippen LogP contribution >= 0.6 is 11.8 Å². The van der Waals surface area contributed by atoms with Crippen LogP contribution in [0.4, 0.5) is 0 Å². The molecule has 0 fully saturated rings. The van der Waals surface area contributed by atoms with Gasteiger partial charge in [0.05, 0.1) is 17.1 Å². The fourth-order valence-electron chi connectivity index (χ4n) is 1.45. The molecule has 0 spiro atoms. The third-order valence-electron chi connectivity index (χ3n) is 2.15. The maximum Gasteiger partial charge on any atom is 0.338 e. The van der Waals surface area contributed by atoms with Gasteiger partial charge in [0.1, 0.15) is 0 Å². The Bertz CT molecular complexity index is 535. The van der Waals surface area contributed by atoms with Crippen LogP contribution in [-0.2, 0) is 7.05 Å². The summed E-state index contributed by atoms with van der Waals surface area (Å²) in [6, 6.07) is 0. The molecular weight excluding hydrogens is 214 g/mol. The number of aryl methyl sites for hydroxylation is 1. The molecule has 0 aliphatic heterocycles. The van der Waals surface area contributed by atoms with E-state index in [1.165, 1.54) is 18.0 Å². The number of aromatic carboxylic acids is 1. The van der Waals surface area contributed by atoms with Crippen LogP contribution in [-0.4, -0.2) is 32.1 Å². The van der Waals surface area contributed by atoms with E-state index in [1.54, 1.807) is 17.9 Å². The van der Waals surface area contributed by atoms with E-state index in [9.17, 15) is 4.79 Å². The van der Waals surface area contributed by atoms with Crippen LogP contribution in [0.15, 0.2) is 17.3 Å². The molecule has 2 heterocycles. The average Bonchev–Trinajstić information content (AvgIpc) is 2.59. The lowest BCUT2D eigenvalue weighted by Crippen LogP contribution is -2.01. The lowest BCUT2D eigenvalue weighted by molar-refractivity contribution is 0.0693. The van der Waals surface area contributed by atoms with Crippen LogP contribution in [0.3, 0.4) is 0 Å². The smallest absolute Gasteiger partial charge is 0.338 e. The first kappa shape index (κ1) is 9.97. The van der Waals surface area contributed by atoms with Gasteiger partial charge >= 0.3 is 5.97 Å². The summed E-state index contributed by atoms with van der Waals surface area (Å²) in [5.74, 6) is -0.961. The van der Waals surface area contributed by atoms with Crippen molar-refractivity contribution in [2.45, 2.75) is 4.90 Å². The van der Waals surface area contributed by atoms with Gasteiger partial charge in [0.2, 0.25) is 0 Å². The maximum atomic E-state index is 11.0. The molecule has 1 N–H and O–H groups in total. The van der Waals surface area contributed by atoms with E-state index in [1.807, 2.05) is 6.26 Å². The van der Waals surface area contributed by atoms with Crippen LogP contribution in [0.2, 0.25) is 0 Å². The van der Waals surface area contributed by atoms with Crippen molar-refractivity contribution in [2.24, 2.45) is 7.05 Å². The third kappa shape index (κ3) is 1.46. The van der Waals surface area contributed by atoms with Gasteiger partial charge in [-0.2, -0.15) is 5.10 Å². The first-order valence-corrected chi connectivity index (χ1v) is 5.45. The van der Waals surface area contributed by atoms with Crippen LogP contribution in [0.25, 0.3) is 11.0 Å². The summed E-state index contributed by atoms with van der Waals surface area (Å²) in [6.45, 7) is 0. The Balaban J connectivity index is 2.82.